The average molecular weight is 531 g/mol. The van der Waals surface area contributed by atoms with Gasteiger partial charge in [0.05, 0.1) is 22.7 Å². The highest BCUT2D eigenvalue weighted by Crippen LogP contribution is 2.39. The van der Waals surface area contributed by atoms with Crippen LogP contribution in [0.25, 0.3) is 5.69 Å². The van der Waals surface area contributed by atoms with Crippen molar-refractivity contribution in [3.05, 3.63) is 119 Å². The molecule has 3 heterocycles. The first-order chi connectivity index (χ1) is 18.4. The molecular weight excluding hydrogens is 507 g/mol. The second kappa shape index (κ2) is 10.8. The summed E-state index contributed by atoms with van der Waals surface area (Å²) < 4.78 is 15.2. The van der Waals surface area contributed by atoms with Gasteiger partial charge in [0.25, 0.3) is 5.69 Å². The minimum Gasteiger partial charge on any atom is -0.352 e. The molecule has 1 amide bonds. The Labute approximate surface area is 223 Å². The van der Waals surface area contributed by atoms with Crippen LogP contribution in [-0.2, 0) is 4.79 Å². The first-order valence-electron chi connectivity index (χ1n) is 11.9. The number of benzene rings is 2. The van der Waals surface area contributed by atoms with E-state index in [1.807, 2.05) is 46.0 Å². The molecule has 0 saturated carbocycles. The number of hydrogen-bond donors (Lipinski definition) is 2. The van der Waals surface area contributed by atoms with Gasteiger partial charge in [0.2, 0.25) is 5.91 Å². The fourth-order valence-electron chi connectivity index (χ4n) is 4.55. The van der Waals surface area contributed by atoms with Gasteiger partial charge in [-0.3, -0.25) is 19.9 Å². The van der Waals surface area contributed by atoms with Crippen molar-refractivity contribution in [2.75, 3.05) is 11.9 Å². The zero-order valence-electron chi connectivity index (χ0n) is 20.0. The molecule has 192 valence electrons. The van der Waals surface area contributed by atoms with Crippen molar-refractivity contribution in [3.8, 4) is 5.69 Å². The highest BCUT2D eigenvalue weighted by Gasteiger charge is 2.41. The normalized spacial score (nSPS) is 16.8. The minimum atomic E-state index is -0.435. The van der Waals surface area contributed by atoms with Gasteiger partial charge in [-0.1, -0.05) is 6.07 Å². The summed E-state index contributed by atoms with van der Waals surface area (Å²) in [6.45, 7) is 0.318. The lowest BCUT2D eigenvalue weighted by atomic mass is 10.0. The number of nitro benzene ring substituents is 1. The van der Waals surface area contributed by atoms with Crippen LogP contribution in [0, 0.1) is 15.9 Å². The molecule has 1 saturated heterocycles. The standard InChI is InChI=1S/C27H23FN6O3S/c28-18-6-8-19(9-7-18)30-24(35)14-17-33-26(25(31-27(33)38)22-4-1-2-15-29-22)23-5-3-16-32(23)20-10-12-21(13-11-20)34(36)37/h1-13,15-16,25-26H,14,17H2,(H,30,35)(H,31,38)/t25-,26-/m0/s1. The molecule has 5 rings (SSSR count). The highest BCUT2D eigenvalue weighted by molar-refractivity contribution is 7.80. The molecule has 0 radical (unpaired) electrons. The van der Waals surface area contributed by atoms with Crippen LogP contribution in [0.4, 0.5) is 15.8 Å². The minimum absolute atomic E-state index is 0.00585. The van der Waals surface area contributed by atoms with Gasteiger partial charge < -0.3 is 20.1 Å². The quantitative estimate of drug-likeness (QED) is 0.189. The van der Waals surface area contributed by atoms with Crippen molar-refractivity contribution in [1.29, 1.82) is 0 Å². The van der Waals surface area contributed by atoms with Crippen LogP contribution >= 0.6 is 12.2 Å². The average Bonchev–Trinajstić information content (AvgIpc) is 3.53. The summed E-state index contributed by atoms with van der Waals surface area (Å²) >= 11 is 5.70. The molecule has 11 heteroatoms. The largest absolute Gasteiger partial charge is 0.352 e. The Bertz CT molecular complexity index is 1460. The second-order valence-electron chi connectivity index (χ2n) is 8.70. The Kier molecular flexibility index (Phi) is 7.09. The number of rotatable bonds is 8. The Balaban J connectivity index is 1.43. The summed E-state index contributed by atoms with van der Waals surface area (Å²) in [5, 5.41) is 17.8. The lowest BCUT2D eigenvalue weighted by Crippen LogP contribution is -2.33. The lowest BCUT2D eigenvalue weighted by Gasteiger charge is -2.28. The maximum absolute atomic E-state index is 13.2. The van der Waals surface area contributed by atoms with E-state index >= 15 is 0 Å². The molecule has 1 fully saturated rings. The predicted molar refractivity (Wildman–Crippen MR) is 144 cm³/mol. The van der Waals surface area contributed by atoms with Gasteiger partial charge in [-0.2, -0.15) is 0 Å². The molecule has 9 nitrogen and oxygen atoms in total. The van der Waals surface area contributed by atoms with E-state index in [2.05, 4.69) is 15.6 Å². The van der Waals surface area contributed by atoms with E-state index in [9.17, 15) is 19.3 Å². The van der Waals surface area contributed by atoms with Gasteiger partial charge in [0.1, 0.15) is 5.82 Å². The van der Waals surface area contributed by atoms with Gasteiger partial charge in [-0.25, -0.2) is 4.39 Å². The van der Waals surface area contributed by atoms with Crippen molar-refractivity contribution in [3.63, 3.8) is 0 Å². The van der Waals surface area contributed by atoms with Gasteiger partial charge in [-0.15, -0.1) is 0 Å². The smallest absolute Gasteiger partial charge is 0.269 e. The summed E-state index contributed by atoms with van der Waals surface area (Å²) in [4.78, 5) is 29.9. The third-order valence-corrected chi connectivity index (χ3v) is 6.68. The summed E-state index contributed by atoms with van der Waals surface area (Å²) in [6, 6.07) is 20.8. The summed E-state index contributed by atoms with van der Waals surface area (Å²) in [7, 11) is 0. The maximum atomic E-state index is 13.2. The first kappa shape index (κ1) is 25.0. The Morgan fingerprint density at radius 2 is 1.84 bits per heavy atom. The Morgan fingerprint density at radius 3 is 2.53 bits per heavy atom. The lowest BCUT2D eigenvalue weighted by molar-refractivity contribution is -0.384. The number of carbonyl (C=O) groups is 1. The molecule has 0 bridgehead atoms. The fourth-order valence-corrected chi connectivity index (χ4v) is 4.88. The number of halogens is 1. The van der Waals surface area contributed by atoms with Gasteiger partial charge in [-0.05, 0) is 72.9 Å². The maximum Gasteiger partial charge on any atom is 0.269 e. The molecule has 2 aromatic heterocycles. The van der Waals surface area contributed by atoms with Crippen LogP contribution in [0.2, 0.25) is 0 Å². The molecule has 4 aromatic rings. The number of nitro groups is 1. The van der Waals surface area contributed by atoms with Crippen molar-refractivity contribution >= 4 is 34.6 Å². The second-order valence-corrected chi connectivity index (χ2v) is 9.09. The number of carbonyl (C=O) groups excluding carboxylic acids is 1. The van der Waals surface area contributed by atoms with Crippen LogP contribution in [-0.4, -0.2) is 36.9 Å². The molecular formula is C27H23FN6O3S. The van der Waals surface area contributed by atoms with Crippen molar-refractivity contribution < 1.29 is 14.1 Å². The van der Waals surface area contributed by atoms with E-state index in [1.54, 1.807) is 18.3 Å². The molecule has 38 heavy (non-hydrogen) atoms. The van der Waals surface area contributed by atoms with Gasteiger partial charge in [0.15, 0.2) is 5.11 Å². The molecule has 1 aliphatic rings. The van der Waals surface area contributed by atoms with Crippen LogP contribution in [0.3, 0.4) is 0 Å². The van der Waals surface area contributed by atoms with E-state index < -0.39 is 4.92 Å². The number of non-ortho nitro benzene ring substituents is 1. The number of hydrogen-bond acceptors (Lipinski definition) is 5. The third kappa shape index (κ3) is 5.23. The van der Waals surface area contributed by atoms with Crippen molar-refractivity contribution in [1.82, 2.24) is 19.8 Å². The van der Waals surface area contributed by atoms with Crippen LogP contribution in [0.15, 0.2) is 91.3 Å². The third-order valence-electron chi connectivity index (χ3n) is 6.33. The SMILES string of the molecule is O=C(CCN1C(=S)N[C@@H](c2ccccn2)[C@@H]1c1cccn1-c1ccc([N+](=O)[O-])cc1)Nc1ccc(F)cc1. The van der Waals surface area contributed by atoms with Crippen molar-refractivity contribution in [2.45, 2.75) is 18.5 Å². The first-order valence-corrected chi connectivity index (χ1v) is 12.3. The molecule has 0 aliphatic carbocycles. The topological polar surface area (TPSA) is 105 Å². The van der Waals surface area contributed by atoms with Crippen LogP contribution < -0.4 is 10.6 Å². The molecule has 1 aliphatic heterocycles. The number of nitrogens with zero attached hydrogens (tertiary/aromatic N) is 4. The van der Waals surface area contributed by atoms with E-state index in [0.29, 0.717) is 17.3 Å². The number of anilines is 1. The monoisotopic (exact) mass is 530 g/mol. The number of amides is 1. The number of thiocarbonyl (C=S) groups is 1. The summed E-state index contributed by atoms with van der Waals surface area (Å²) in [5.74, 6) is -0.610. The predicted octanol–water partition coefficient (Wildman–Crippen LogP) is 4.92. The summed E-state index contributed by atoms with van der Waals surface area (Å²) in [6.07, 6.45) is 3.74. The van der Waals surface area contributed by atoms with E-state index in [4.69, 9.17) is 12.2 Å². The van der Waals surface area contributed by atoms with Gasteiger partial charge >= 0.3 is 0 Å². The van der Waals surface area contributed by atoms with E-state index in [1.165, 1.54) is 36.4 Å². The Hall–Kier alpha value is -4.64. The highest BCUT2D eigenvalue weighted by atomic mass is 32.1. The van der Waals surface area contributed by atoms with Crippen LogP contribution in [0.1, 0.15) is 29.9 Å². The van der Waals surface area contributed by atoms with Crippen molar-refractivity contribution in [2.24, 2.45) is 0 Å². The Morgan fingerprint density at radius 1 is 1.08 bits per heavy atom. The molecule has 2 aromatic carbocycles. The van der Waals surface area contributed by atoms with Crippen LogP contribution in [0.5, 0.6) is 0 Å². The zero-order valence-corrected chi connectivity index (χ0v) is 20.8. The number of nitrogens with one attached hydrogen (secondary N) is 2. The van der Waals surface area contributed by atoms with E-state index in [0.717, 1.165) is 17.1 Å². The number of pyridine rings is 1. The molecule has 2 N–H and O–H groups in total. The molecule has 0 unspecified atom stereocenters. The zero-order chi connectivity index (χ0) is 26.6. The number of aromatic nitrogens is 2. The molecule has 0 spiro atoms. The van der Waals surface area contributed by atoms with Gasteiger partial charge in [0, 0.05) is 54.6 Å². The van der Waals surface area contributed by atoms with E-state index in [-0.39, 0.29) is 35.9 Å². The molecule has 2 atom stereocenters. The fraction of sp³-hybridized carbons (Fsp3) is 0.148. The summed E-state index contributed by atoms with van der Waals surface area (Å²) in [5.41, 5.74) is 2.93.